The van der Waals surface area contributed by atoms with Gasteiger partial charge in [-0.1, -0.05) is 38.0 Å². The summed E-state index contributed by atoms with van der Waals surface area (Å²) in [5.74, 6) is -0.160. The standard InChI is InChI=1S/C26H32N4O3/c1-2-21(31)10-4-3-5-13-24(26(33)29-20-9-8-16-27-18-20)30-25(32)15-14-19-17-28-23-12-7-6-11-22(19)23/h6-9,11-12,16-18,24,28H,2-5,10,13-15H2,1H3,(H,29,33)(H,30,32)/t24-/m0/s1. The quantitative estimate of drug-likeness (QED) is 0.334. The van der Waals surface area contributed by atoms with Crippen molar-refractivity contribution >= 4 is 34.2 Å². The van der Waals surface area contributed by atoms with Crippen LogP contribution < -0.4 is 10.6 Å². The third-order valence-corrected chi connectivity index (χ3v) is 5.72. The molecule has 0 bridgehead atoms. The maximum Gasteiger partial charge on any atom is 0.246 e. The van der Waals surface area contributed by atoms with Gasteiger partial charge < -0.3 is 15.6 Å². The van der Waals surface area contributed by atoms with Crippen molar-refractivity contribution in [2.75, 3.05) is 5.32 Å². The van der Waals surface area contributed by atoms with E-state index in [1.54, 1.807) is 24.5 Å². The number of H-pyrrole nitrogens is 1. The molecule has 7 nitrogen and oxygen atoms in total. The molecule has 0 radical (unpaired) electrons. The number of carbonyl (C=O) groups is 3. The van der Waals surface area contributed by atoms with Crippen LogP contribution in [0.15, 0.2) is 55.0 Å². The highest BCUT2D eigenvalue weighted by Crippen LogP contribution is 2.19. The molecule has 3 rings (SSSR count). The van der Waals surface area contributed by atoms with Gasteiger partial charge in [0.1, 0.15) is 11.8 Å². The van der Waals surface area contributed by atoms with Gasteiger partial charge in [0.2, 0.25) is 11.8 Å². The van der Waals surface area contributed by atoms with Gasteiger partial charge in [-0.25, -0.2) is 0 Å². The first kappa shape index (κ1) is 24.2. The number of Topliss-reactive ketones (excluding diaryl/α,β-unsaturated/α-hetero) is 1. The van der Waals surface area contributed by atoms with E-state index in [9.17, 15) is 14.4 Å². The van der Waals surface area contributed by atoms with Gasteiger partial charge in [0.05, 0.1) is 11.9 Å². The van der Waals surface area contributed by atoms with Crippen LogP contribution in [0, 0.1) is 0 Å². The lowest BCUT2D eigenvalue weighted by Crippen LogP contribution is -2.43. The first-order chi connectivity index (χ1) is 16.1. The zero-order chi connectivity index (χ0) is 23.5. The minimum Gasteiger partial charge on any atom is -0.361 e. The number of nitrogens with one attached hydrogen (secondary N) is 3. The Bertz CT molecular complexity index is 1060. The second-order valence-electron chi connectivity index (χ2n) is 8.20. The molecular formula is C26H32N4O3. The molecule has 2 amide bonds. The summed E-state index contributed by atoms with van der Waals surface area (Å²) in [5.41, 5.74) is 2.72. The highest BCUT2D eigenvalue weighted by atomic mass is 16.2. The molecule has 3 N–H and O–H groups in total. The largest absolute Gasteiger partial charge is 0.361 e. The second-order valence-corrected chi connectivity index (χ2v) is 8.20. The Labute approximate surface area is 194 Å². The summed E-state index contributed by atoms with van der Waals surface area (Å²) >= 11 is 0. The third-order valence-electron chi connectivity index (χ3n) is 5.72. The molecule has 0 unspecified atom stereocenters. The van der Waals surface area contributed by atoms with E-state index in [-0.39, 0.29) is 17.6 Å². The van der Waals surface area contributed by atoms with Crippen LogP contribution in [0.5, 0.6) is 0 Å². The summed E-state index contributed by atoms with van der Waals surface area (Å²) in [6.45, 7) is 1.87. The van der Waals surface area contributed by atoms with E-state index in [0.29, 0.717) is 37.8 Å². The molecule has 0 aliphatic rings. The number of ketones is 1. The lowest BCUT2D eigenvalue weighted by molar-refractivity contribution is -0.126. The SMILES string of the molecule is CCC(=O)CCCCC[C@H](NC(=O)CCc1c[nH]c2ccccc12)C(=O)Nc1cccnc1. The Morgan fingerprint density at radius 1 is 1.03 bits per heavy atom. The van der Waals surface area contributed by atoms with Crippen LogP contribution in [0.2, 0.25) is 0 Å². The van der Waals surface area contributed by atoms with Crippen molar-refractivity contribution < 1.29 is 14.4 Å². The van der Waals surface area contributed by atoms with E-state index in [4.69, 9.17) is 0 Å². The predicted molar refractivity (Wildman–Crippen MR) is 130 cm³/mol. The average molecular weight is 449 g/mol. The Balaban J connectivity index is 1.55. The molecule has 1 aromatic carbocycles. The van der Waals surface area contributed by atoms with Crippen LogP contribution >= 0.6 is 0 Å². The third kappa shape index (κ3) is 7.56. The predicted octanol–water partition coefficient (Wildman–Crippen LogP) is 4.55. The van der Waals surface area contributed by atoms with Gasteiger partial charge in [0.15, 0.2) is 0 Å². The monoisotopic (exact) mass is 448 g/mol. The number of carbonyl (C=O) groups excluding carboxylic acids is 3. The van der Waals surface area contributed by atoms with Crippen LogP contribution in [-0.4, -0.2) is 33.6 Å². The van der Waals surface area contributed by atoms with Gasteiger partial charge in [0, 0.05) is 42.6 Å². The molecule has 0 fully saturated rings. The zero-order valence-electron chi connectivity index (χ0n) is 19.1. The molecule has 0 saturated carbocycles. The number of rotatable bonds is 13. The fourth-order valence-electron chi connectivity index (χ4n) is 3.81. The number of unbranched alkanes of at least 4 members (excludes halogenated alkanes) is 2. The number of aromatic nitrogens is 2. The smallest absolute Gasteiger partial charge is 0.246 e. The van der Waals surface area contributed by atoms with E-state index in [0.717, 1.165) is 35.7 Å². The average Bonchev–Trinajstić information content (AvgIpc) is 3.25. The molecule has 33 heavy (non-hydrogen) atoms. The van der Waals surface area contributed by atoms with E-state index < -0.39 is 6.04 Å². The molecule has 0 saturated heterocycles. The Morgan fingerprint density at radius 3 is 2.67 bits per heavy atom. The molecule has 174 valence electrons. The van der Waals surface area contributed by atoms with Crippen molar-refractivity contribution in [3.05, 3.63) is 60.6 Å². The summed E-state index contributed by atoms with van der Waals surface area (Å²) in [6, 6.07) is 10.9. The van der Waals surface area contributed by atoms with Crippen LogP contribution in [0.4, 0.5) is 5.69 Å². The van der Waals surface area contributed by atoms with Crippen molar-refractivity contribution in [1.29, 1.82) is 0 Å². The van der Waals surface area contributed by atoms with Crippen molar-refractivity contribution in [2.24, 2.45) is 0 Å². The lowest BCUT2D eigenvalue weighted by Gasteiger charge is -2.18. The minimum atomic E-state index is -0.637. The molecule has 0 aliphatic heterocycles. The Morgan fingerprint density at radius 2 is 1.88 bits per heavy atom. The summed E-state index contributed by atoms with van der Waals surface area (Å²) < 4.78 is 0. The maximum absolute atomic E-state index is 12.9. The molecule has 0 spiro atoms. The zero-order valence-corrected chi connectivity index (χ0v) is 19.1. The molecule has 2 aromatic heterocycles. The van der Waals surface area contributed by atoms with Gasteiger partial charge >= 0.3 is 0 Å². The van der Waals surface area contributed by atoms with Crippen LogP contribution in [0.1, 0.15) is 57.4 Å². The van der Waals surface area contributed by atoms with Crippen molar-refractivity contribution in [2.45, 2.75) is 64.3 Å². The molecule has 0 aliphatic carbocycles. The highest BCUT2D eigenvalue weighted by Gasteiger charge is 2.21. The summed E-state index contributed by atoms with van der Waals surface area (Å²) in [5, 5.41) is 6.85. The number of fused-ring (bicyclic) bond motifs is 1. The van der Waals surface area contributed by atoms with Gasteiger partial charge in [-0.3, -0.25) is 19.4 Å². The number of para-hydroxylation sites is 1. The van der Waals surface area contributed by atoms with E-state index in [2.05, 4.69) is 20.6 Å². The summed E-state index contributed by atoms with van der Waals surface area (Å²) in [4.78, 5) is 44.3. The van der Waals surface area contributed by atoms with Crippen LogP contribution in [0.3, 0.4) is 0 Å². The van der Waals surface area contributed by atoms with Crippen molar-refractivity contribution in [3.8, 4) is 0 Å². The number of hydrogen-bond acceptors (Lipinski definition) is 4. The van der Waals surface area contributed by atoms with Gasteiger partial charge in [-0.05, 0) is 43.0 Å². The highest BCUT2D eigenvalue weighted by molar-refractivity contribution is 5.97. The van der Waals surface area contributed by atoms with E-state index in [1.807, 2.05) is 37.4 Å². The number of hydrogen-bond donors (Lipinski definition) is 3. The fraction of sp³-hybridized carbons (Fsp3) is 0.385. The Hall–Kier alpha value is -3.48. The first-order valence-corrected chi connectivity index (χ1v) is 11.6. The summed E-state index contributed by atoms with van der Waals surface area (Å²) in [7, 11) is 0. The van der Waals surface area contributed by atoms with E-state index in [1.165, 1.54) is 0 Å². The number of benzene rings is 1. The fourth-order valence-corrected chi connectivity index (χ4v) is 3.81. The van der Waals surface area contributed by atoms with Gasteiger partial charge in [-0.2, -0.15) is 0 Å². The second kappa shape index (κ2) is 12.5. The Kier molecular flexibility index (Phi) is 9.18. The number of aryl methyl sites for hydroxylation is 1. The topological polar surface area (TPSA) is 104 Å². The van der Waals surface area contributed by atoms with Gasteiger partial charge in [-0.15, -0.1) is 0 Å². The number of pyridine rings is 1. The first-order valence-electron chi connectivity index (χ1n) is 11.6. The minimum absolute atomic E-state index is 0.159. The van der Waals surface area contributed by atoms with Crippen LogP contribution in [0.25, 0.3) is 10.9 Å². The van der Waals surface area contributed by atoms with Crippen LogP contribution in [-0.2, 0) is 20.8 Å². The molecule has 2 heterocycles. The molecule has 3 aromatic rings. The molecule has 7 heteroatoms. The van der Waals surface area contributed by atoms with Crippen molar-refractivity contribution in [1.82, 2.24) is 15.3 Å². The number of anilines is 1. The van der Waals surface area contributed by atoms with Crippen molar-refractivity contribution in [3.63, 3.8) is 0 Å². The van der Waals surface area contributed by atoms with Gasteiger partial charge in [0.25, 0.3) is 0 Å². The maximum atomic E-state index is 12.9. The summed E-state index contributed by atoms with van der Waals surface area (Å²) in [6.07, 6.45) is 10.1. The molecule has 1 atom stereocenters. The molecular weight excluding hydrogens is 416 g/mol. The van der Waals surface area contributed by atoms with E-state index >= 15 is 0 Å². The lowest BCUT2D eigenvalue weighted by atomic mass is 10.0. The number of nitrogens with zero attached hydrogens (tertiary/aromatic N) is 1. The normalized spacial score (nSPS) is 11.8. The number of aromatic amines is 1. The number of amides is 2.